The lowest BCUT2D eigenvalue weighted by Crippen LogP contribution is -2.20. The smallest absolute Gasteiger partial charge is 0.382 e. The van der Waals surface area contributed by atoms with Crippen LogP contribution in [-0.4, -0.2) is 53.0 Å². The van der Waals surface area contributed by atoms with Crippen molar-refractivity contribution >= 4 is 32.6 Å². The zero-order chi connectivity index (χ0) is 18.9. The van der Waals surface area contributed by atoms with E-state index in [1.54, 1.807) is 10.9 Å². The van der Waals surface area contributed by atoms with E-state index in [1.807, 2.05) is 0 Å². The Morgan fingerprint density at radius 3 is 2.69 bits per heavy atom. The molecular weight excluding hydrogens is 392 g/mol. The number of fused-ring (bicyclic) bond motifs is 1. The molecule has 0 bridgehead atoms. The van der Waals surface area contributed by atoms with Crippen LogP contribution in [0.2, 0.25) is 0 Å². The first-order chi connectivity index (χ1) is 12.1. The monoisotopic (exact) mass is 409 g/mol. The van der Waals surface area contributed by atoms with Gasteiger partial charge in [0.25, 0.3) is 0 Å². The topological polar surface area (TPSA) is 192 Å². The van der Waals surface area contributed by atoms with Gasteiger partial charge in [0.1, 0.15) is 11.8 Å². The molecule has 3 heterocycles. The van der Waals surface area contributed by atoms with Gasteiger partial charge in [-0.15, -0.1) is 0 Å². The van der Waals surface area contributed by atoms with Crippen molar-refractivity contribution in [1.82, 2.24) is 19.5 Å². The highest BCUT2D eigenvalue weighted by atomic mass is 31.3. The van der Waals surface area contributed by atoms with Gasteiger partial charge >= 0.3 is 15.6 Å². The lowest BCUT2D eigenvalue weighted by Gasteiger charge is -2.17. The maximum absolute atomic E-state index is 11.4. The molecule has 2 aromatic rings. The molecule has 26 heavy (non-hydrogen) atoms. The first kappa shape index (κ1) is 19.3. The molecule has 3 atom stereocenters. The number of phosphoric ester groups is 1. The molecule has 144 valence electrons. The summed E-state index contributed by atoms with van der Waals surface area (Å²) < 4.78 is 37.8. The molecule has 5 N–H and O–H groups in total. The van der Waals surface area contributed by atoms with Crippen LogP contribution in [0.1, 0.15) is 12.8 Å². The van der Waals surface area contributed by atoms with Crippen molar-refractivity contribution in [1.29, 1.82) is 0 Å². The van der Waals surface area contributed by atoms with E-state index < -0.39 is 21.7 Å². The molecule has 1 aliphatic rings. The number of nitrogens with zero attached hydrogens (tertiary/aromatic N) is 4. The molecule has 0 saturated carbocycles. The zero-order valence-electron chi connectivity index (χ0n) is 13.3. The summed E-state index contributed by atoms with van der Waals surface area (Å²) in [4.78, 5) is 38.5. The average Bonchev–Trinajstić information content (AvgIpc) is 3.12. The Labute approximate surface area is 147 Å². The second-order valence-corrected chi connectivity index (χ2v) is 8.45. The van der Waals surface area contributed by atoms with Crippen molar-refractivity contribution in [2.75, 3.05) is 12.3 Å². The van der Waals surface area contributed by atoms with E-state index in [-0.39, 0.29) is 18.5 Å². The van der Waals surface area contributed by atoms with Crippen LogP contribution in [0.15, 0.2) is 12.7 Å². The number of rotatable bonds is 7. The molecule has 1 saturated heterocycles. The molecule has 2 unspecified atom stereocenters. The van der Waals surface area contributed by atoms with Gasteiger partial charge in [0.2, 0.25) is 0 Å². The van der Waals surface area contributed by atoms with E-state index in [2.05, 4.69) is 23.8 Å². The summed E-state index contributed by atoms with van der Waals surface area (Å²) in [5.41, 5.74) is 6.78. The number of nitrogens with two attached hydrogens (primary N) is 1. The minimum atomic E-state index is -5.14. The molecule has 0 aromatic carbocycles. The third kappa shape index (κ3) is 4.84. The van der Waals surface area contributed by atoms with E-state index in [4.69, 9.17) is 20.3 Å². The minimum Gasteiger partial charge on any atom is -0.382 e. The van der Waals surface area contributed by atoms with Gasteiger partial charge in [-0.1, -0.05) is 0 Å². The summed E-state index contributed by atoms with van der Waals surface area (Å²) in [5, 5.41) is 0. The Morgan fingerprint density at radius 1 is 1.23 bits per heavy atom. The first-order valence-electron chi connectivity index (χ1n) is 7.44. The van der Waals surface area contributed by atoms with E-state index >= 15 is 0 Å². The van der Waals surface area contributed by atoms with Crippen molar-refractivity contribution in [3.05, 3.63) is 12.7 Å². The second-order valence-electron chi connectivity index (χ2n) is 5.62. The molecule has 0 radical (unpaired) electrons. The van der Waals surface area contributed by atoms with Crippen LogP contribution >= 0.6 is 15.6 Å². The molecule has 2 aromatic heterocycles. The van der Waals surface area contributed by atoms with Crippen molar-refractivity contribution in [2.24, 2.45) is 0 Å². The van der Waals surface area contributed by atoms with Crippen molar-refractivity contribution in [2.45, 2.75) is 31.6 Å². The Hall–Kier alpha value is -1.43. The van der Waals surface area contributed by atoms with Crippen LogP contribution in [0, 0.1) is 0 Å². The van der Waals surface area contributed by atoms with Gasteiger partial charge in [-0.25, -0.2) is 24.1 Å². The highest BCUT2D eigenvalue weighted by molar-refractivity contribution is 7.60. The standard InChI is InChI=1S/C11H17N5O8P2/c12-10-9-11(14-5-13-10)16(6-15-9)3-7-1-2-8(23-7)4-22-26(20,21)24-25(17,18)19/h5-8H,1-4H2,(H,20,21)(H2,12,13,14)(H2,17,18,19)/t7-,8?/m1/s1. The second kappa shape index (κ2) is 7.29. The first-order valence-corrected chi connectivity index (χ1v) is 10.5. The van der Waals surface area contributed by atoms with E-state index in [1.165, 1.54) is 6.33 Å². The molecule has 13 nitrogen and oxygen atoms in total. The van der Waals surface area contributed by atoms with Gasteiger partial charge in [0, 0.05) is 0 Å². The minimum absolute atomic E-state index is 0.224. The number of anilines is 1. The Bertz CT molecular complexity index is 885. The Kier molecular flexibility index (Phi) is 5.42. The highest BCUT2D eigenvalue weighted by Crippen LogP contribution is 2.57. The molecule has 1 fully saturated rings. The van der Waals surface area contributed by atoms with Gasteiger partial charge < -0.3 is 29.7 Å². The summed E-state index contributed by atoms with van der Waals surface area (Å²) in [7, 11) is -10.0. The fraction of sp³-hybridized carbons (Fsp3) is 0.545. The lowest BCUT2D eigenvalue weighted by atomic mass is 10.2. The Morgan fingerprint density at radius 2 is 1.96 bits per heavy atom. The van der Waals surface area contributed by atoms with Crippen molar-refractivity contribution in [3.63, 3.8) is 0 Å². The lowest BCUT2D eigenvalue weighted by molar-refractivity contribution is 0.00472. The van der Waals surface area contributed by atoms with Crippen molar-refractivity contribution in [3.8, 4) is 0 Å². The number of nitrogen functional groups attached to an aromatic ring is 1. The van der Waals surface area contributed by atoms with Crippen LogP contribution in [0.5, 0.6) is 0 Å². The number of phosphoric acid groups is 2. The van der Waals surface area contributed by atoms with Crippen molar-refractivity contribution < 1.29 is 37.4 Å². The molecular formula is C11H17N5O8P2. The predicted molar refractivity (Wildman–Crippen MR) is 86.5 cm³/mol. The van der Waals surface area contributed by atoms with Crippen LogP contribution in [0.25, 0.3) is 11.2 Å². The molecule has 0 amide bonds. The molecule has 3 rings (SSSR count). The Balaban J connectivity index is 1.55. The van der Waals surface area contributed by atoms with Crippen LogP contribution < -0.4 is 5.73 Å². The van der Waals surface area contributed by atoms with Gasteiger partial charge in [-0.3, -0.25) is 4.52 Å². The van der Waals surface area contributed by atoms with E-state index in [9.17, 15) is 14.0 Å². The van der Waals surface area contributed by atoms with Gasteiger partial charge in [-0.2, -0.15) is 4.31 Å². The fourth-order valence-electron chi connectivity index (χ4n) is 2.62. The predicted octanol–water partition coefficient (Wildman–Crippen LogP) is 0.182. The third-order valence-corrected chi connectivity index (χ3v) is 5.81. The number of hydrogen-bond donors (Lipinski definition) is 4. The van der Waals surface area contributed by atoms with Gasteiger partial charge in [0.15, 0.2) is 11.5 Å². The zero-order valence-corrected chi connectivity index (χ0v) is 15.1. The van der Waals surface area contributed by atoms with E-state index in [0.29, 0.717) is 30.6 Å². The fourth-order valence-corrected chi connectivity index (χ4v) is 4.24. The summed E-state index contributed by atoms with van der Waals surface area (Å²) in [6, 6.07) is 0. The van der Waals surface area contributed by atoms with E-state index in [0.717, 1.165) is 0 Å². The highest BCUT2D eigenvalue weighted by Gasteiger charge is 2.35. The summed E-state index contributed by atoms with van der Waals surface area (Å²) in [5.74, 6) is 0.274. The van der Waals surface area contributed by atoms with Crippen LogP contribution in [0.3, 0.4) is 0 Å². The largest absolute Gasteiger partial charge is 0.481 e. The number of hydrogen-bond acceptors (Lipinski definition) is 9. The number of aromatic nitrogens is 4. The summed E-state index contributed by atoms with van der Waals surface area (Å²) >= 11 is 0. The molecule has 15 heteroatoms. The summed E-state index contributed by atoms with van der Waals surface area (Å²) in [6.07, 6.45) is 3.34. The SMILES string of the molecule is Nc1ncnc2c1ncn2C[C@H]1CCC(COP(=O)(O)OP(=O)(O)O)O1. The number of ether oxygens (including phenoxy) is 1. The maximum Gasteiger partial charge on any atom is 0.481 e. The van der Waals surface area contributed by atoms with Gasteiger partial charge in [-0.05, 0) is 12.8 Å². The normalized spacial score (nSPS) is 23.3. The van der Waals surface area contributed by atoms with Crippen LogP contribution in [-0.2, 0) is 29.2 Å². The average molecular weight is 409 g/mol. The summed E-state index contributed by atoms with van der Waals surface area (Å²) in [6.45, 7) is 0.0866. The third-order valence-electron chi connectivity index (χ3n) is 3.66. The molecule has 0 spiro atoms. The molecule has 1 aliphatic heterocycles. The van der Waals surface area contributed by atoms with Crippen LogP contribution in [0.4, 0.5) is 5.82 Å². The quantitative estimate of drug-likeness (QED) is 0.454. The molecule has 0 aliphatic carbocycles. The number of imidazole rings is 1. The van der Waals surface area contributed by atoms with Gasteiger partial charge in [0.05, 0.1) is 31.7 Å². The maximum atomic E-state index is 11.4.